The maximum absolute atomic E-state index is 8.20. The fourth-order valence-electron chi connectivity index (χ4n) is 0.788. The van der Waals surface area contributed by atoms with Crippen LogP contribution in [0, 0.1) is 0 Å². The van der Waals surface area contributed by atoms with Gasteiger partial charge >= 0.3 is 0 Å². The zero-order valence-corrected chi connectivity index (χ0v) is 10.2. The minimum atomic E-state index is 0.0533. The van der Waals surface area contributed by atoms with E-state index in [2.05, 4.69) is 41.9 Å². The van der Waals surface area contributed by atoms with Crippen molar-refractivity contribution in [3.8, 4) is 0 Å². The third kappa shape index (κ3) is 2.88. The summed E-state index contributed by atoms with van der Waals surface area (Å²) < 4.78 is 0.0533. The summed E-state index contributed by atoms with van der Waals surface area (Å²) in [5.74, 6) is 0. The fourth-order valence-corrected chi connectivity index (χ4v) is 1.58. The molecule has 0 radical (unpaired) electrons. The fraction of sp³-hybridized carbons (Fsp3) is 0.143. The Balaban J connectivity index is 3.12. The van der Waals surface area contributed by atoms with Crippen molar-refractivity contribution in [2.45, 2.75) is 3.74 Å². The second-order valence-corrected chi connectivity index (χ2v) is 5.67. The molecule has 13 heavy (non-hydrogen) atoms. The van der Waals surface area contributed by atoms with Gasteiger partial charge in [-0.15, -0.1) is 0 Å². The third-order valence-corrected chi connectivity index (χ3v) is 2.74. The number of nitrogens with zero attached hydrogens (tertiary/aromatic N) is 3. The number of hydrogen-bond donors (Lipinski definition) is 0. The summed E-state index contributed by atoms with van der Waals surface area (Å²) in [6.45, 7) is 0. The maximum atomic E-state index is 8.20. The molecule has 0 spiro atoms. The Morgan fingerprint density at radius 1 is 1.46 bits per heavy atom. The maximum Gasteiger partial charge on any atom is 0.0947 e. The van der Waals surface area contributed by atoms with E-state index in [1.807, 2.05) is 6.07 Å². The lowest BCUT2D eigenvalue weighted by molar-refractivity contribution is 1.39. The topological polar surface area (TPSA) is 48.8 Å². The molecule has 1 aromatic carbocycles. The monoisotopic (exact) mass is 323 g/mol. The molecule has 0 amide bonds. The lowest BCUT2D eigenvalue weighted by Crippen LogP contribution is -1.79. The minimum absolute atomic E-state index is 0.0533. The van der Waals surface area contributed by atoms with E-state index in [4.69, 9.17) is 17.1 Å². The molecule has 0 saturated heterocycles. The van der Waals surface area contributed by atoms with Crippen molar-refractivity contribution in [3.63, 3.8) is 0 Å². The highest BCUT2D eigenvalue weighted by Crippen LogP contribution is 2.34. The standard InChI is InChI=1S/C7H4Br2ClN3/c8-7(9)4-1-2-6(12-13-11)5(10)3-4/h1-3,7H. The molecule has 0 fully saturated rings. The molecule has 0 bridgehead atoms. The Labute approximate surface area is 97.0 Å². The Morgan fingerprint density at radius 3 is 2.62 bits per heavy atom. The molecule has 0 heterocycles. The van der Waals surface area contributed by atoms with Crippen molar-refractivity contribution >= 4 is 49.1 Å². The van der Waals surface area contributed by atoms with Gasteiger partial charge in [-0.3, -0.25) is 0 Å². The molecule has 0 aliphatic heterocycles. The van der Waals surface area contributed by atoms with Crippen molar-refractivity contribution in [1.29, 1.82) is 0 Å². The summed E-state index contributed by atoms with van der Waals surface area (Å²) in [6, 6.07) is 5.23. The van der Waals surface area contributed by atoms with Crippen LogP contribution >= 0.6 is 43.5 Å². The molecule has 3 nitrogen and oxygen atoms in total. The van der Waals surface area contributed by atoms with Crippen molar-refractivity contribution in [1.82, 2.24) is 0 Å². The molecule has 0 N–H and O–H groups in total. The van der Waals surface area contributed by atoms with Crippen molar-refractivity contribution in [2.75, 3.05) is 0 Å². The van der Waals surface area contributed by atoms with E-state index >= 15 is 0 Å². The van der Waals surface area contributed by atoms with Crippen LogP contribution in [0.3, 0.4) is 0 Å². The van der Waals surface area contributed by atoms with Crippen LogP contribution in [0.15, 0.2) is 23.3 Å². The van der Waals surface area contributed by atoms with Crippen molar-refractivity contribution < 1.29 is 0 Å². The predicted molar refractivity (Wildman–Crippen MR) is 60.9 cm³/mol. The molecule has 0 aliphatic rings. The van der Waals surface area contributed by atoms with Crippen LogP contribution in [0.25, 0.3) is 10.4 Å². The SMILES string of the molecule is [N-]=[N+]=Nc1ccc(C(Br)Br)cc1Cl. The smallest absolute Gasteiger partial charge is 0.0838 e. The van der Waals surface area contributed by atoms with E-state index in [1.165, 1.54) is 0 Å². The summed E-state index contributed by atoms with van der Waals surface area (Å²) in [7, 11) is 0. The number of azide groups is 1. The lowest BCUT2D eigenvalue weighted by atomic mass is 10.2. The van der Waals surface area contributed by atoms with E-state index in [1.54, 1.807) is 12.1 Å². The van der Waals surface area contributed by atoms with Crippen LogP contribution in [-0.2, 0) is 0 Å². The van der Waals surface area contributed by atoms with Gasteiger partial charge in [0.05, 0.1) is 14.4 Å². The van der Waals surface area contributed by atoms with E-state index in [-0.39, 0.29) is 3.74 Å². The van der Waals surface area contributed by atoms with Gasteiger partial charge in [-0.1, -0.05) is 60.7 Å². The first-order chi connectivity index (χ1) is 6.15. The van der Waals surface area contributed by atoms with Crippen molar-refractivity contribution in [2.24, 2.45) is 5.11 Å². The van der Waals surface area contributed by atoms with Gasteiger partial charge in [-0.05, 0) is 17.2 Å². The van der Waals surface area contributed by atoms with Crippen LogP contribution in [-0.4, -0.2) is 0 Å². The average Bonchev–Trinajstić information content (AvgIpc) is 2.08. The number of benzene rings is 1. The number of halogens is 3. The second kappa shape index (κ2) is 4.86. The van der Waals surface area contributed by atoms with E-state index in [0.29, 0.717) is 10.7 Å². The molecule has 68 valence electrons. The highest BCUT2D eigenvalue weighted by atomic mass is 79.9. The third-order valence-electron chi connectivity index (χ3n) is 1.38. The Kier molecular flexibility index (Phi) is 4.06. The average molecular weight is 325 g/mol. The zero-order valence-electron chi connectivity index (χ0n) is 6.28. The van der Waals surface area contributed by atoms with Crippen LogP contribution in [0.1, 0.15) is 9.30 Å². The summed E-state index contributed by atoms with van der Waals surface area (Å²) in [4.78, 5) is 2.66. The first kappa shape index (κ1) is 10.9. The molecule has 6 heteroatoms. The van der Waals surface area contributed by atoms with Gasteiger partial charge in [0.2, 0.25) is 0 Å². The largest absolute Gasteiger partial charge is 0.0947 e. The Hall–Kier alpha value is -0.220. The number of alkyl halides is 2. The van der Waals surface area contributed by atoms with Gasteiger partial charge in [0.25, 0.3) is 0 Å². The summed E-state index contributed by atoms with van der Waals surface area (Å²) >= 11 is 12.5. The van der Waals surface area contributed by atoms with Gasteiger partial charge in [0.15, 0.2) is 0 Å². The molecule has 1 aromatic rings. The van der Waals surface area contributed by atoms with E-state index in [9.17, 15) is 0 Å². The quantitative estimate of drug-likeness (QED) is 0.315. The molecule has 0 atom stereocenters. The van der Waals surface area contributed by atoms with Crippen molar-refractivity contribution in [3.05, 3.63) is 39.2 Å². The normalized spacial score (nSPS) is 9.85. The van der Waals surface area contributed by atoms with Crippen LogP contribution in [0.2, 0.25) is 5.02 Å². The summed E-state index contributed by atoms with van der Waals surface area (Å²) in [6.07, 6.45) is 0. The number of rotatable bonds is 2. The summed E-state index contributed by atoms with van der Waals surface area (Å²) in [5.41, 5.74) is 9.62. The predicted octanol–water partition coefficient (Wildman–Crippen LogP) is 5.07. The van der Waals surface area contributed by atoms with Gasteiger partial charge in [0.1, 0.15) is 0 Å². The molecular formula is C7H4Br2ClN3. The van der Waals surface area contributed by atoms with Gasteiger partial charge in [-0.2, -0.15) is 0 Å². The van der Waals surface area contributed by atoms with E-state index in [0.717, 1.165) is 5.56 Å². The van der Waals surface area contributed by atoms with Crippen LogP contribution in [0.4, 0.5) is 5.69 Å². The molecule has 1 rings (SSSR count). The molecule has 0 saturated carbocycles. The Bertz CT molecular complexity index is 361. The highest BCUT2D eigenvalue weighted by molar-refractivity contribution is 9.24. The zero-order chi connectivity index (χ0) is 9.84. The lowest BCUT2D eigenvalue weighted by Gasteiger charge is -2.03. The van der Waals surface area contributed by atoms with Gasteiger partial charge in [-0.25, -0.2) is 0 Å². The highest BCUT2D eigenvalue weighted by Gasteiger charge is 2.04. The molecule has 0 aromatic heterocycles. The number of hydrogen-bond acceptors (Lipinski definition) is 1. The molecule has 0 aliphatic carbocycles. The Morgan fingerprint density at radius 2 is 2.15 bits per heavy atom. The van der Waals surface area contributed by atoms with Crippen LogP contribution < -0.4 is 0 Å². The first-order valence-corrected chi connectivity index (χ1v) is 5.49. The van der Waals surface area contributed by atoms with Crippen LogP contribution in [0.5, 0.6) is 0 Å². The summed E-state index contributed by atoms with van der Waals surface area (Å²) in [5, 5.41) is 3.87. The molecule has 0 unspecified atom stereocenters. The van der Waals surface area contributed by atoms with Gasteiger partial charge in [0, 0.05) is 4.91 Å². The first-order valence-electron chi connectivity index (χ1n) is 3.28. The van der Waals surface area contributed by atoms with E-state index < -0.39 is 0 Å². The minimum Gasteiger partial charge on any atom is -0.0838 e. The molecular weight excluding hydrogens is 321 g/mol. The van der Waals surface area contributed by atoms with Gasteiger partial charge < -0.3 is 0 Å². The second-order valence-electron chi connectivity index (χ2n) is 2.20.